The van der Waals surface area contributed by atoms with Crippen LogP contribution in [0.4, 0.5) is 5.69 Å². The number of rotatable bonds is 9. The van der Waals surface area contributed by atoms with Gasteiger partial charge in [0, 0.05) is 37.3 Å². The molecule has 1 aromatic carbocycles. The molecule has 1 aromatic heterocycles. The SMILES string of the molecule is CC[C@@H]1CCCCN1C(=O)CCNC(=O)COc1cccc(NC(=O)c2ccco2)c1. The Balaban J connectivity index is 1.39. The molecular weight excluding hydrogens is 398 g/mol. The number of nitrogens with zero attached hydrogens (tertiary/aromatic N) is 1. The zero-order chi connectivity index (χ0) is 22.1. The molecule has 3 amide bonds. The normalized spacial score (nSPS) is 15.9. The van der Waals surface area contributed by atoms with Crippen LogP contribution in [0, 0.1) is 0 Å². The lowest BCUT2D eigenvalue weighted by atomic mass is 9.99. The molecule has 0 aliphatic carbocycles. The van der Waals surface area contributed by atoms with Crippen LogP contribution < -0.4 is 15.4 Å². The van der Waals surface area contributed by atoms with E-state index in [4.69, 9.17) is 9.15 Å². The molecule has 31 heavy (non-hydrogen) atoms. The molecule has 1 saturated heterocycles. The van der Waals surface area contributed by atoms with Gasteiger partial charge in [-0.05, 0) is 49.9 Å². The van der Waals surface area contributed by atoms with E-state index in [1.807, 2.05) is 4.90 Å². The predicted octanol–water partition coefficient (Wildman–Crippen LogP) is 3.21. The maximum atomic E-state index is 12.4. The number of amides is 3. The highest BCUT2D eigenvalue weighted by molar-refractivity contribution is 6.02. The number of nitrogens with one attached hydrogen (secondary N) is 2. The molecule has 8 heteroatoms. The minimum atomic E-state index is -0.372. The first kappa shape index (κ1) is 22.4. The van der Waals surface area contributed by atoms with Gasteiger partial charge in [0.1, 0.15) is 5.75 Å². The van der Waals surface area contributed by atoms with Crippen molar-refractivity contribution in [2.45, 2.75) is 45.1 Å². The maximum absolute atomic E-state index is 12.4. The number of anilines is 1. The highest BCUT2D eigenvalue weighted by Gasteiger charge is 2.24. The molecule has 2 heterocycles. The molecule has 1 aliphatic rings. The Bertz CT molecular complexity index is 881. The van der Waals surface area contributed by atoms with Crippen molar-refractivity contribution < 1.29 is 23.5 Å². The van der Waals surface area contributed by atoms with E-state index in [0.29, 0.717) is 17.5 Å². The Morgan fingerprint density at radius 3 is 2.84 bits per heavy atom. The highest BCUT2D eigenvalue weighted by atomic mass is 16.5. The van der Waals surface area contributed by atoms with Crippen molar-refractivity contribution in [2.24, 2.45) is 0 Å². The van der Waals surface area contributed by atoms with Crippen molar-refractivity contribution >= 4 is 23.4 Å². The van der Waals surface area contributed by atoms with Gasteiger partial charge in [-0.25, -0.2) is 0 Å². The van der Waals surface area contributed by atoms with Crippen LogP contribution in [0.15, 0.2) is 47.1 Å². The standard InChI is InChI=1S/C23H29N3O5/c1-2-18-8-3-4-13-26(18)22(28)11-12-24-21(27)16-31-19-9-5-7-17(15-19)25-23(29)20-10-6-14-30-20/h5-7,9-10,14-15,18H,2-4,8,11-13,16H2,1H3,(H,24,27)(H,25,29)/t18-/m1/s1. The first-order valence-electron chi connectivity index (χ1n) is 10.7. The van der Waals surface area contributed by atoms with Gasteiger partial charge in [-0.3, -0.25) is 14.4 Å². The number of ether oxygens (including phenoxy) is 1. The fraction of sp³-hybridized carbons (Fsp3) is 0.435. The average molecular weight is 428 g/mol. The smallest absolute Gasteiger partial charge is 0.291 e. The summed E-state index contributed by atoms with van der Waals surface area (Å²) in [5.74, 6) is 0.0671. The largest absolute Gasteiger partial charge is 0.484 e. The van der Waals surface area contributed by atoms with E-state index in [1.165, 1.54) is 12.7 Å². The molecule has 2 aromatic rings. The number of carbonyl (C=O) groups excluding carboxylic acids is 3. The Morgan fingerprint density at radius 1 is 1.19 bits per heavy atom. The van der Waals surface area contributed by atoms with Gasteiger partial charge in [-0.1, -0.05) is 13.0 Å². The average Bonchev–Trinajstić information content (AvgIpc) is 3.33. The molecule has 0 saturated carbocycles. The molecule has 2 N–H and O–H groups in total. The van der Waals surface area contributed by atoms with Crippen LogP contribution in [0.2, 0.25) is 0 Å². The van der Waals surface area contributed by atoms with E-state index in [-0.39, 0.29) is 43.1 Å². The van der Waals surface area contributed by atoms with Crippen LogP contribution in [0.25, 0.3) is 0 Å². The van der Waals surface area contributed by atoms with Crippen LogP contribution in [0.3, 0.4) is 0 Å². The number of likely N-dealkylation sites (tertiary alicyclic amines) is 1. The van der Waals surface area contributed by atoms with Gasteiger partial charge < -0.3 is 24.7 Å². The molecule has 0 bridgehead atoms. The number of benzene rings is 1. The summed E-state index contributed by atoms with van der Waals surface area (Å²) in [7, 11) is 0. The van der Waals surface area contributed by atoms with Gasteiger partial charge in [-0.15, -0.1) is 0 Å². The lowest BCUT2D eigenvalue weighted by Crippen LogP contribution is -2.44. The van der Waals surface area contributed by atoms with E-state index in [0.717, 1.165) is 25.8 Å². The molecule has 3 rings (SSSR count). The predicted molar refractivity (Wildman–Crippen MR) is 116 cm³/mol. The van der Waals surface area contributed by atoms with Gasteiger partial charge in [0.15, 0.2) is 12.4 Å². The monoisotopic (exact) mass is 427 g/mol. The minimum absolute atomic E-state index is 0.0905. The molecule has 0 radical (unpaired) electrons. The third kappa shape index (κ3) is 6.60. The van der Waals surface area contributed by atoms with Gasteiger partial charge in [0.05, 0.1) is 6.26 Å². The summed E-state index contributed by atoms with van der Waals surface area (Å²) in [6.45, 7) is 3.02. The molecule has 8 nitrogen and oxygen atoms in total. The summed E-state index contributed by atoms with van der Waals surface area (Å²) in [5.41, 5.74) is 0.525. The third-order valence-corrected chi connectivity index (χ3v) is 5.29. The van der Waals surface area contributed by atoms with Gasteiger partial charge in [0.25, 0.3) is 11.8 Å². The van der Waals surface area contributed by atoms with Crippen LogP contribution in [-0.2, 0) is 9.59 Å². The topological polar surface area (TPSA) is 101 Å². The number of carbonyl (C=O) groups is 3. The van der Waals surface area contributed by atoms with Crippen molar-refractivity contribution in [1.82, 2.24) is 10.2 Å². The Labute approximate surface area is 181 Å². The summed E-state index contributed by atoms with van der Waals surface area (Å²) in [6, 6.07) is 10.3. The summed E-state index contributed by atoms with van der Waals surface area (Å²) in [4.78, 5) is 38.5. The van der Waals surface area contributed by atoms with E-state index in [1.54, 1.807) is 36.4 Å². The third-order valence-electron chi connectivity index (χ3n) is 5.29. The first-order chi connectivity index (χ1) is 15.1. The van der Waals surface area contributed by atoms with Crippen molar-refractivity contribution in [1.29, 1.82) is 0 Å². The van der Waals surface area contributed by atoms with Crippen LogP contribution >= 0.6 is 0 Å². The van der Waals surface area contributed by atoms with E-state index in [2.05, 4.69) is 17.6 Å². The molecule has 1 atom stereocenters. The summed E-state index contributed by atoms with van der Waals surface area (Å²) >= 11 is 0. The Kier molecular flexibility index (Phi) is 8.09. The Morgan fingerprint density at radius 2 is 2.06 bits per heavy atom. The van der Waals surface area contributed by atoms with Crippen molar-refractivity contribution in [3.05, 3.63) is 48.4 Å². The van der Waals surface area contributed by atoms with Crippen LogP contribution in [-0.4, -0.2) is 48.4 Å². The number of piperidine rings is 1. The fourth-order valence-corrected chi connectivity index (χ4v) is 3.67. The number of furan rings is 1. The second kappa shape index (κ2) is 11.2. The van der Waals surface area contributed by atoms with Crippen LogP contribution in [0.5, 0.6) is 5.75 Å². The second-order valence-corrected chi connectivity index (χ2v) is 7.49. The lowest BCUT2D eigenvalue weighted by molar-refractivity contribution is -0.135. The zero-order valence-corrected chi connectivity index (χ0v) is 17.8. The summed E-state index contributed by atoms with van der Waals surface area (Å²) < 4.78 is 10.6. The first-order valence-corrected chi connectivity index (χ1v) is 10.7. The van der Waals surface area contributed by atoms with E-state index >= 15 is 0 Å². The molecule has 0 unspecified atom stereocenters. The maximum Gasteiger partial charge on any atom is 0.291 e. The van der Waals surface area contributed by atoms with E-state index in [9.17, 15) is 14.4 Å². The zero-order valence-electron chi connectivity index (χ0n) is 17.8. The van der Waals surface area contributed by atoms with Crippen LogP contribution in [0.1, 0.15) is 49.6 Å². The fourth-order valence-electron chi connectivity index (χ4n) is 3.67. The Hall–Kier alpha value is -3.29. The molecule has 1 fully saturated rings. The summed E-state index contributed by atoms with van der Waals surface area (Å²) in [5, 5.41) is 5.43. The van der Waals surface area contributed by atoms with Gasteiger partial charge in [0.2, 0.25) is 5.91 Å². The molecule has 1 aliphatic heterocycles. The second-order valence-electron chi connectivity index (χ2n) is 7.49. The van der Waals surface area contributed by atoms with Crippen molar-refractivity contribution in [2.75, 3.05) is 25.0 Å². The number of hydrogen-bond donors (Lipinski definition) is 2. The van der Waals surface area contributed by atoms with Crippen molar-refractivity contribution in [3.8, 4) is 5.75 Å². The van der Waals surface area contributed by atoms with E-state index < -0.39 is 0 Å². The molecule has 0 spiro atoms. The molecular formula is C23H29N3O5. The van der Waals surface area contributed by atoms with Gasteiger partial charge >= 0.3 is 0 Å². The molecule has 166 valence electrons. The quantitative estimate of drug-likeness (QED) is 0.640. The summed E-state index contributed by atoms with van der Waals surface area (Å²) in [6.07, 6.45) is 5.95. The lowest BCUT2D eigenvalue weighted by Gasteiger charge is -2.35. The van der Waals surface area contributed by atoms with Crippen molar-refractivity contribution in [3.63, 3.8) is 0 Å². The number of hydrogen-bond acceptors (Lipinski definition) is 5. The highest BCUT2D eigenvalue weighted by Crippen LogP contribution is 2.20. The van der Waals surface area contributed by atoms with Gasteiger partial charge in [-0.2, -0.15) is 0 Å². The minimum Gasteiger partial charge on any atom is -0.484 e.